The summed E-state index contributed by atoms with van der Waals surface area (Å²) in [7, 11) is 0. The molecule has 0 bridgehead atoms. The third kappa shape index (κ3) is 3.11. The summed E-state index contributed by atoms with van der Waals surface area (Å²) < 4.78 is 0.787. The minimum atomic E-state index is -0.980. The largest absolute Gasteiger partial charge is 0.507 e. The van der Waals surface area contributed by atoms with Crippen molar-refractivity contribution in [1.29, 1.82) is 0 Å². The Morgan fingerprint density at radius 2 is 2.21 bits per heavy atom. The highest BCUT2D eigenvalue weighted by atomic mass is 79.9. The average Bonchev–Trinajstić information content (AvgIpc) is 2.10. The number of aromatic hydroxyl groups is 1. The zero-order chi connectivity index (χ0) is 10.6. The number of carboxylic acids is 1. The number of phenols is 1. The molecule has 0 saturated carbocycles. The van der Waals surface area contributed by atoms with Crippen molar-refractivity contribution >= 4 is 21.9 Å². The van der Waals surface area contributed by atoms with Crippen LogP contribution in [0.3, 0.4) is 0 Å². The molecule has 0 aromatic heterocycles. The summed E-state index contributed by atoms with van der Waals surface area (Å²) in [6, 6.07) is 4.80. The predicted molar refractivity (Wildman–Crippen MR) is 54.9 cm³/mol. The van der Waals surface area contributed by atoms with Crippen LogP contribution >= 0.6 is 15.9 Å². The summed E-state index contributed by atoms with van der Waals surface area (Å²) in [5.41, 5.74) is 0.417. The summed E-state index contributed by atoms with van der Waals surface area (Å²) in [6.45, 7) is 0. The predicted octanol–water partition coefficient (Wildman–Crippen LogP) is 1.98. The van der Waals surface area contributed by atoms with E-state index >= 15 is 0 Å². The number of rotatable bonds is 1. The maximum Gasteiger partial charge on any atom is 0.315 e. The molecule has 0 saturated heterocycles. The van der Waals surface area contributed by atoms with Gasteiger partial charge in [0.15, 0.2) is 0 Å². The van der Waals surface area contributed by atoms with Crippen molar-refractivity contribution in [3.05, 3.63) is 28.2 Å². The third-order valence-electron chi connectivity index (χ3n) is 1.42. The van der Waals surface area contributed by atoms with Gasteiger partial charge in [0, 0.05) is 4.47 Å². The number of carbonyl (C=O) groups is 1. The minimum Gasteiger partial charge on any atom is -0.507 e. The molecule has 3 nitrogen and oxygen atoms in total. The van der Waals surface area contributed by atoms with E-state index in [1.807, 2.05) is 0 Å². The van der Waals surface area contributed by atoms with Crippen LogP contribution < -0.4 is 0 Å². The number of hydrogen-bond donors (Lipinski definition) is 2. The van der Waals surface area contributed by atoms with Gasteiger partial charge in [0.25, 0.3) is 0 Å². The molecule has 0 unspecified atom stereocenters. The van der Waals surface area contributed by atoms with E-state index in [-0.39, 0.29) is 12.2 Å². The number of phenolic OH excluding ortho intramolecular Hbond substituents is 1. The second-order valence-electron chi connectivity index (χ2n) is 2.53. The fourth-order valence-electron chi connectivity index (χ4n) is 0.823. The maximum absolute atomic E-state index is 10.2. The van der Waals surface area contributed by atoms with Gasteiger partial charge in [-0.3, -0.25) is 4.79 Å². The highest BCUT2D eigenvalue weighted by Gasteiger charge is 1.97. The van der Waals surface area contributed by atoms with Crippen molar-refractivity contribution in [1.82, 2.24) is 0 Å². The van der Waals surface area contributed by atoms with Crippen molar-refractivity contribution in [3.8, 4) is 17.6 Å². The molecule has 0 heterocycles. The molecule has 4 heteroatoms. The standard InChI is InChI=1S/C10H7BrO3/c11-8-4-5-9(12)7(6-8)2-1-3-10(13)14/h4-6,12H,3H2,(H,13,14). The van der Waals surface area contributed by atoms with Crippen LogP contribution in [0.15, 0.2) is 22.7 Å². The molecule has 0 aliphatic rings. The van der Waals surface area contributed by atoms with Crippen molar-refractivity contribution < 1.29 is 15.0 Å². The number of aliphatic carboxylic acids is 1. The summed E-state index contributed by atoms with van der Waals surface area (Å²) in [5.74, 6) is 4.08. The monoisotopic (exact) mass is 254 g/mol. The van der Waals surface area contributed by atoms with E-state index in [1.54, 1.807) is 12.1 Å². The molecule has 0 aliphatic carbocycles. The lowest BCUT2D eigenvalue weighted by Gasteiger charge is -1.96. The number of hydrogen-bond acceptors (Lipinski definition) is 2. The Morgan fingerprint density at radius 3 is 2.86 bits per heavy atom. The van der Waals surface area contributed by atoms with E-state index in [9.17, 15) is 9.90 Å². The molecule has 1 rings (SSSR count). The SMILES string of the molecule is O=C(O)CC#Cc1cc(Br)ccc1O. The molecular formula is C10H7BrO3. The summed E-state index contributed by atoms with van der Waals surface area (Å²) >= 11 is 3.22. The first-order valence-corrected chi connectivity index (χ1v) is 4.58. The van der Waals surface area contributed by atoms with Crippen molar-refractivity contribution in [2.75, 3.05) is 0 Å². The fourth-order valence-corrected chi connectivity index (χ4v) is 1.18. The molecule has 0 aliphatic heterocycles. The Balaban J connectivity index is 2.88. The van der Waals surface area contributed by atoms with Crippen LogP contribution in [0.5, 0.6) is 5.75 Å². The van der Waals surface area contributed by atoms with Gasteiger partial charge in [-0.15, -0.1) is 0 Å². The van der Waals surface area contributed by atoms with Gasteiger partial charge < -0.3 is 10.2 Å². The van der Waals surface area contributed by atoms with Gasteiger partial charge in [-0.1, -0.05) is 27.8 Å². The Labute approximate surface area is 89.5 Å². The molecule has 1 aromatic carbocycles. The Hall–Kier alpha value is -1.47. The van der Waals surface area contributed by atoms with Gasteiger partial charge in [0.05, 0.1) is 5.56 Å². The molecule has 14 heavy (non-hydrogen) atoms. The molecule has 1 aromatic rings. The van der Waals surface area contributed by atoms with E-state index in [0.29, 0.717) is 5.56 Å². The lowest BCUT2D eigenvalue weighted by molar-refractivity contribution is -0.135. The van der Waals surface area contributed by atoms with Gasteiger partial charge in [-0.25, -0.2) is 0 Å². The van der Waals surface area contributed by atoms with Crippen LogP contribution in [-0.2, 0) is 4.79 Å². The lowest BCUT2D eigenvalue weighted by Crippen LogP contribution is -1.90. The summed E-state index contributed by atoms with van der Waals surface area (Å²) in [4.78, 5) is 10.2. The van der Waals surface area contributed by atoms with Gasteiger partial charge in [0.1, 0.15) is 12.2 Å². The van der Waals surface area contributed by atoms with Crippen molar-refractivity contribution in [3.63, 3.8) is 0 Å². The third-order valence-corrected chi connectivity index (χ3v) is 1.91. The first-order chi connectivity index (χ1) is 6.59. The second kappa shape index (κ2) is 4.68. The van der Waals surface area contributed by atoms with Crippen LogP contribution in [0.2, 0.25) is 0 Å². The molecule has 0 radical (unpaired) electrons. The average molecular weight is 255 g/mol. The molecule has 0 amide bonds. The van der Waals surface area contributed by atoms with E-state index in [4.69, 9.17) is 5.11 Å². The highest BCUT2D eigenvalue weighted by molar-refractivity contribution is 9.10. The second-order valence-corrected chi connectivity index (χ2v) is 3.45. The normalized spacial score (nSPS) is 8.93. The quantitative estimate of drug-likeness (QED) is 0.754. The molecule has 2 N–H and O–H groups in total. The zero-order valence-corrected chi connectivity index (χ0v) is 8.71. The molecular weight excluding hydrogens is 248 g/mol. The molecule has 0 spiro atoms. The summed E-state index contributed by atoms with van der Waals surface area (Å²) in [6.07, 6.45) is -0.230. The van der Waals surface area contributed by atoms with E-state index in [1.165, 1.54) is 6.07 Å². The molecule has 0 atom stereocenters. The first kappa shape index (κ1) is 10.6. The topological polar surface area (TPSA) is 57.5 Å². The van der Waals surface area contributed by atoms with Crippen molar-refractivity contribution in [2.45, 2.75) is 6.42 Å². The van der Waals surface area contributed by atoms with E-state index in [0.717, 1.165) is 4.47 Å². The number of carboxylic acid groups (broad SMARTS) is 1. The maximum atomic E-state index is 10.2. The smallest absolute Gasteiger partial charge is 0.315 e. The first-order valence-electron chi connectivity index (χ1n) is 3.79. The number of benzene rings is 1. The minimum absolute atomic E-state index is 0.0473. The number of halogens is 1. The zero-order valence-electron chi connectivity index (χ0n) is 7.12. The van der Waals surface area contributed by atoms with Crippen LogP contribution in [0.4, 0.5) is 0 Å². The Kier molecular flexibility index (Phi) is 3.55. The lowest BCUT2D eigenvalue weighted by atomic mass is 10.2. The Morgan fingerprint density at radius 1 is 1.50 bits per heavy atom. The Bertz CT molecular complexity index is 415. The van der Waals surface area contributed by atoms with Crippen LogP contribution in [0.1, 0.15) is 12.0 Å². The van der Waals surface area contributed by atoms with Gasteiger partial charge in [-0.2, -0.15) is 0 Å². The molecule has 72 valence electrons. The van der Waals surface area contributed by atoms with Crippen LogP contribution in [0, 0.1) is 11.8 Å². The van der Waals surface area contributed by atoms with Crippen LogP contribution in [0.25, 0.3) is 0 Å². The van der Waals surface area contributed by atoms with Crippen LogP contribution in [-0.4, -0.2) is 16.2 Å². The van der Waals surface area contributed by atoms with Gasteiger partial charge in [0.2, 0.25) is 0 Å². The van der Waals surface area contributed by atoms with Gasteiger partial charge in [-0.05, 0) is 18.2 Å². The van der Waals surface area contributed by atoms with E-state index in [2.05, 4.69) is 27.8 Å². The van der Waals surface area contributed by atoms with Crippen molar-refractivity contribution in [2.24, 2.45) is 0 Å². The van der Waals surface area contributed by atoms with Gasteiger partial charge >= 0.3 is 5.97 Å². The molecule has 0 fully saturated rings. The fraction of sp³-hybridized carbons (Fsp3) is 0.100. The van der Waals surface area contributed by atoms with E-state index < -0.39 is 5.97 Å². The highest BCUT2D eigenvalue weighted by Crippen LogP contribution is 2.20. The summed E-state index contributed by atoms with van der Waals surface area (Å²) in [5, 5.41) is 17.7.